The molecule has 0 aromatic heterocycles. The van der Waals surface area contributed by atoms with Crippen molar-refractivity contribution in [1.29, 1.82) is 0 Å². The summed E-state index contributed by atoms with van der Waals surface area (Å²) in [5.74, 6) is -0.274. The molecule has 1 heterocycles. The van der Waals surface area contributed by atoms with Crippen molar-refractivity contribution in [1.82, 2.24) is 5.43 Å². The van der Waals surface area contributed by atoms with E-state index in [0.29, 0.717) is 6.07 Å². The van der Waals surface area contributed by atoms with E-state index < -0.39 is 41.3 Å². The highest BCUT2D eigenvalue weighted by Crippen LogP contribution is 2.39. The van der Waals surface area contributed by atoms with Crippen LogP contribution >= 0.6 is 0 Å². The van der Waals surface area contributed by atoms with E-state index in [-0.39, 0.29) is 11.6 Å². The number of benzene rings is 1. The number of alkyl halides is 6. The van der Waals surface area contributed by atoms with Gasteiger partial charge in [0.25, 0.3) is 0 Å². The molecule has 5 nitrogen and oxygen atoms in total. The predicted molar refractivity (Wildman–Crippen MR) is 81.5 cm³/mol. The summed E-state index contributed by atoms with van der Waals surface area (Å²) in [6.07, 6.45) is -10.0. The minimum Gasteiger partial charge on any atom is -0.482 e. The van der Waals surface area contributed by atoms with Crippen LogP contribution in [0.3, 0.4) is 0 Å². The number of rotatable bonds is 2. The quantitative estimate of drug-likeness (QED) is 0.354. The lowest BCUT2D eigenvalue weighted by atomic mass is 9.96. The maximum Gasteiger partial charge on any atom is 0.431 e. The lowest BCUT2D eigenvalue weighted by Gasteiger charge is -2.24. The molecule has 0 saturated heterocycles. The van der Waals surface area contributed by atoms with Crippen LogP contribution in [0.25, 0.3) is 4.85 Å². The van der Waals surface area contributed by atoms with Gasteiger partial charge in [-0.3, -0.25) is 5.43 Å². The van der Waals surface area contributed by atoms with Crippen LogP contribution in [0.15, 0.2) is 28.3 Å². The number of aliphatic imine (C=N–C) groups is 1. The van der Waals surface area contributed by atoms with Gasteiger partial charge in [0.1, 0.15) is 11.3 Å². The molecule has 26 heavy (non-hydrogen) atoms. The Labute approximate surface area is 144 Å². The first kappa shape index (κ1) is 19.6. The summed E-state index contributed by atoms with van der Waals surface area (Å²) >= 11 is 0. The molecule has 1 N–H and O–H groups in total. The molecule has 0 bridgehead atoms. The molecule has 1 unspecified atom stereocenters. The SMILES string of the molecule is [C-]#[N+]c1ccc(/N=C(\OC)C2(C)CC(C(F)(F)F)=NN2)cc1C(F)(F)F. The van der Waals surface area contributed by atoms with Gasteiger partial charge in [0, 0.05) is 6.42 Å². The fourth-order valence-electron chi connectivity index (χ4n) is 2.32. The van der Waals surface area contributed by atoms with E-state index in [1.54, 1.807) is 0 Å². The second kappa shape index (κ2) is 6.51. The molecule has 2 rings (SSSR count). The zero-order chi connectivity index (χ0) is 19.8. The molecule has 1 aliphatic rings. The molecule has 11 heteroatoms. The number of hydrazone groups is 1. The third-order valence-corrected chi connectivity index (χ3v) is 3.59. The van der Waals surface area contributed by atoms with Crippen LogP contribution in [0.5, 0.6) is 0 Å². The van der Waals surface area contributed by atoms with Crippen molar-refractivity contribution in [3.05, 3.63) is 35.2 Å². The summed E-state index contributed by atoms with van der Waals surface area (Å²) in [6.45, 7) is 8.12. The molecule has 1 aliphatic heterocycles. The fourth-order valence-corrected chi connectivity index (χ4v) is 2.32. The Kier molecular flexibility index (Phi) is 4.90. The lowest BCUT2D eigenvalue weighted by molar-refractivity contribution is -0.136. The van der Waals surface area contributed by atoms with Crippen molar-refractivity contribution >= 4 is 23.0 Å². The van der Waals surface area contributed by atoms with Crippen LogP contribution in [0.4, 0.5) is 37.7 Å². The molecule has 1 atom stereocenters. The van der Waals surface area contributed by atoms with E-state index in [2.05, 4.69) is 20.4 Å². The van der Waals surface area contributed by atoms with Crippen molar-refractivity contribution in [2.75, 3.05) is 7.11 Å². The molecule has 1 aromatic rings. The van der Waals surface area contributed by atoms with Crippen LogP contribution in [0.2, 0.25) is 0 Å². The first-order valence-corrected chi connectivity index (χ1v) is 7.03. The number of hydrogen-bond acceptors (Lipinski definition) is 4. The highest BCUT2D eigenvalue weighted by atomic mass is 19.4. The summed E-state index contributed by atoms with van der Waals surface area (Å²) in [4.78, 5) is 6.69. The van der Waals surface area contributed by atoms with Crippen LogP contribution in [-0.4, -0.2) is 30.4 Å². The van der Waals surface area contributed by atoms with Crippen molar-refractivity contribution in [2.45, 2.75) is 31.2 Å². The highest BCUT2D eigenvalue weighted by Gasteiger charge is 2.47. The summed E-state index contributed by atoms with van der Waals surface area (Å²) in [6, 6.07) is 2.71. The average molecular weight is 378 g/mol. The summed E-state index contributed by atoms with van der Waals surface area (Å²) in [5, 5.41) is 3.22. The average Bonchev–Trinajstić information content (AvgIpc) is 2.95. The molecule has 0 saturated carbocycles. The van der Waals surface area contributed by atoms with Gasteiger partial charge in [-0.2, -0.15) is 31.4 Å². The third-order valence-electron chi connectivity index (χ3n) is 3.59. The minimum atomic E-state index is -4.78. The number of halogens is 6. The maximum atomic E-state index is 13.0. The molecular formula is C15H12F6N4O. The molecular weight excluding hydrogens is 366 g/mol. The smallest absolute Gasteiger partial charge is 0.431 e. The van der Waals surface area contributed by atoms with Crippen molar-refractivity contribution in [3.8, 4) is 0 Å². The predicted octanol–water partition coefficient (Wildman–Crippen LogP) is 4.60. The van der Waals surface area contributed by atoms with Crippen LogP contribution in [0, 0.1) is 6.57 Å². The van der Waals surface area contributed by atoms with E-state index in [4.69, 9.17) is 11.3 Å². The molecule has 1 aromatic carbocycles. The van der Waals surface area contributed by atoms with E-state index >= 15 is 0 Å². The second-order valence-corrected chi connectivity index (χ2v) is 5.61. The zero-order valence-electron chi connectivity index (χ0n) is 13.5. The molecule has 0 radical (unpaired) electrons. The topological polar surface area (TPSA) is 50.3 Å². The standard InChI is InChI=1S/C15H12F6N4O/c1-13(7-11(24-25-13)15(19,20)21)12(26-3)23-8-4-5-10(22-2)9(6-8)14(16,17)18/h4-6,25H,7H2,1,3H3/b23-12-. The van der Waals surface area contributed by atoms with E-state index in [1.165, 1.54) is 6.92 Å². The van der Waals surface area contributed by atoms with Gasteiger partial charge < -0.3 is 4.74 Å². The number of nitrogens with zero attached hydrogens (tertiary/aromatic N) is 3. The Hall–Kier alpha value is -2.77. The van der Waals surface area contributed by atoms with Crippen molar-refractivity contribution in [2.24, 2.45) is 10.1 Å². The maximum absolute atomic E-state index is 13.0. The summed E-state index contributed by atoms with van der Waals surface area (Å²) < 4.78 is 82.3. The zero-order valence-corrected chi connectivity index (χ0v) is 13.5. The minimum absolute atomic E-state index is 0.218. The van der Waals surface area contributed by atoms with Gasteiger partial charge in [-0.1, -0.05) is 6.07 Å². The molecule has 0 amide bonds. The van der Waals surface area contributed by atoms with E-state index in [9.17, 15) is 26.3 Å². The van der Waals surface area contributed by atoms with Gasteiger partial charge in [0.2, 0.25) is 5.90 Å². The molecule has 0 fully saturated rings. The van der Waals surface area contributed by atoms with E-state index in [1.807, 2.05) is 0 Å². The van der Waals surface area contributed by atoms with Gasteiger partial charge in [-0.25, -0.2) is 9.84 Å². The fraction of sp³-hybridized carbons (Fsp3) is 0.400. The van der Waals surface area contributed by atoms with Crippen molar-refractivity contribution in [3.63, 3.8) is 0 Å². The molecule has 140 valence electrons. The number of nitrogens with one attached hydrogen (secondary N) is 1. The normalized spacial score (nSPS) is 21.0. The van der Waals surface area contributed by atoms with Crippen LogP contribution in [0.1, 0.15) is 18.9 Å². The Bertz CT molecular complexity index is 806. The Balaban J connectivity index is 2.40. The Morgan fingerprint density at radius 2 is 1.92 bits per heavy atom. The molecule has 0 aliphatic carbocycles. The largest absolute Gasteiger partial charge is 0.482 e. The van der Waals surface area contributed by atoms with E-state index in [0.717, 1.165) is 19.2 Å². The molecule has 0 spiro atoms. The Morgan fingerprint density at radius 1 is 1.27 bits per heavy atom. The first-order valence-electron chi connectivity index (χ1n) is 7.03. The second-order valence-electron chi connectivity index (χ2n) is 5.61. The Morgan fingerprint density at radius 3 is 2.38 bits per heavy atom. The summed E-state index contributed by atoms with van der Waals surface area (Å²) in [7, 11) is 1.13. The van der Waals surface area contributed by atoms with Gasteiger partial charge in [0.05, 0.1) is 24.9 Å². The third kappa shape index (κ3) is 3.89. The number of methoxy groups -OCH3 is 1. The number of hydrogen-bond donors (Lipinski definition) is 1. The lowest BCUT2D eigenvalue weighted by Crippen LogP contribution is -2.45. The van der Waals surface area contributed by atoms with Crippen molar-refractivity contribution < 1.29 is 31.1 Å². The highest BCUT2D eigenvalue weighted by molar-refractivity contribution is 6.00. The van der Waals surface area contributed by atoms with Gasteiger partial charge in [-0.05, 0) is 19.1 Å². The van der Waals surface area contributed by atoms with Crippen LogP contribution < -0.4 is 5.43 Å². The number of ether oxygens (including phenoxy) is 1. The monoisotopic (exact) mass is 378 g/mol. The van der Waals surface area contributed by atoms with Gasteiger partial charge in [-0.15, -0.1) is 0 Å². The first-order chi connectivity index (χ1) is 11.9. The van der Waals surface area contributed by atoms with Crippen LogP contribution in [-0.2, 0) is 10.9 Å². The summed E-state index contributed by atoms with van der Waals surface area (Å²) in [5.41, 5.74) is -2.30. The van der Waals surface area contributed by atoms with Gasteiger partial charge >= 0.3 is 12.4 Å². The van der Waals surface area contributed by atoms with Gasteiger partial charge in [0.15, 0.2) is 5.69 Å².